The van der Waals surface area contributed by atoms with E-state index in [0.29, 0.717) is 24.0 Å². The lowest BCUT2D eigenvalue weighted by atomic mass is 9.86. The normalized spacial score (nSPS) is 24.7. The molecule has 2 aliphatic carbocycles. The monoisotopic (exact) mass is 332 g/mol. The summed E-state index contributed by atoms with van der Waals surface area (Å²) in [6.45, 7) is 0. The summed E-state index contributed by atoms with van der Waals surface area (Å²) >= 11 is 0. The van der Waals surface area contributed by atoms with Gasteiger partial charge < -0.3 is 24.7 Å². The first-order chi connectivity index (χ1) is 11.5. The highest BCUT2D eigenvalue weighted by Crippen LogP contribution is 2.49. The van der Waals surface area contributed by atoms with Crippen molar-refractivity contribution in [2.24, 2.45) is 17.8 Å². The Labute approximate surface area is 141 Å². The zero-order valence-corrected chi connectivity index (χ0v) is 14.0. The van der Waals surface area contributed by atoms with Crippen molar-refractivity contribution in [3.8, 4) is 11.5 Å². The van der Waals surface area contributed by atoms with Crippen LogP contribution in [0.15, 0.2) is 12.1 Å². The lowest BCUT2D eigenvalue weighted by molar-refractivity contribution is -0.254. The fourth-order valence-corrected chi connectivity index (χ4v) is 4.22. The van der Waals surface area contributed by atoms with Gasteiger partial charge in [-0.15, -0.1) is 0 Å². The number of carbonyl (C=O) groups is 2. The first kappa shape index (κ1) is 16.6. The Morgan fingerprint density at radius 3 is 2.42 bits per heavy atom. The summed E-state index contributed by atoms with van der Waals surface area (Å²) in [7, 11) is 2.88. The molecule has 130 valence electrons. The molecular formula is C18H22NO5-. The average Bonchev–Trinajstić information content (AvgIpc) is 3.16. The Morgan fingerprint density at radius 2 is 1.88 bits per heavy atom. The largest absolute Gasteiger partial charge is 0.545 e. The van der Waals surface area contributed by atoms with Crippen molar-refractivity contribution in [1.82, 2.24) is 0 Å². The first-order valence-electron chi connectivity index (χ1n) is 8.29. The lowest BCUT2D eigenvalue weighted by Gasteiger charge is -2.22. The minimum absolute atomic E-state index is 0.117. The number of hydrogen-bond acceptors (Lipinski definition) is 5. The van der Waals surface area contributed by atoms with Gasteiger partial charge in [-0.1, -0.05) is 6.42 Å². The SMILES string of the molecule is COc1cc(NC(=O)C[C@H]2C[C@@H]3CC[C@@H]2C3)c(C(=O)[O-])cc1OC. The van der Waals surface area contributed by atoms with Gasteiger partial charge >= 0.3 is 0 Å². The number of amides is 1. The van der Waals surface area contributed by atoms with Gasteiger partial charge in [0.05, 0.1) is 25.9 Å². The highest BCUT2D eigenvalue weighted by Gasteiger charge is 2.40. The van der Waals surface area contributed by atoms with Crippen molar-refractivity contribution in [2.45, 2.75) is 32.1 Å². The van der Waals surface area contributed by atoms with Gasteiger partial charge in [0, 0.05) is 18.1 Å². The molecule has 3 rings (SSSR count). The molecule has 6 heteroatoms. The maximum absolute atomic E-state index is 12.4. The van der Waals surface area contributed by atoms with Gasteiger partial charge in [0.25, 0.3) is 0 Å². The molecule has 1 amide bonds. The number of nitrogens with one attached hydrogen (secondary N) is 1. The summed E-state index contributed by atoms with van der Waals surface area (Å²) in [6, 6.07) is 2.77. The summed E-state index contributed by atoms with van der Waals surface area (Å²) in [6.07, 6.45) is 5.27. The maximum atomic E-state index is 12.4. The molecule has 1 aromatic carbocycles. The van der Waals surface area contributed by atoms with Gasteiger partial charge in [-0.2, -0.15) is 0 Å². The number of rotatable bonds is 6. The molecule has 24 heavy (non-hydrogen) atoms. The highest BCUT2D eigenvalue weighted by molar-refractivity contribution is 6.00. The van der Waals surface area contributed by atoms with Gasteiger partial charge in [-0.3, -0.25) is 4.79 Å². The molecule has 0 spiro atoms. The van der Waals surface area contributed by atoms with Crippen molar-refractivity contribution >= 4 is 17.6 Å². The molecule has 2 bridgehead atoms. The highest BCUT2D eigenvalue weighted by atomic mass is 16.5. The van der Waals surface area contributed by atoms with E-state index in [2.05, 4.69) is 5.32 Å². The van der Waals surface area contributed by atoms with Crippen LogP contribution in [0, 0.1) is 17.8 Å². The van der Waals surface area contributed by atoms with Crippen LogP contribution >= 0.6 is 0 Å². The number of anilines is 1. The van der Waals surface area contributed by atoms with Gasteiger partial charge in [-0.25, -0.2) is 0 Å². The number of methoxy groups -OCH3 is 2. The smallest absolute Gasteiger partial charge is 0.224 e. The zero-order valence-electron chi connectivity index (χ0n) is 14.0. The Hall–Kier alpha value is -2.24. The van der Waals surface area contributed by atoms with E-state index in [0.717, 1.165) is 12.3 Å². The third-order valence-corrected chi connectivity index (χ3v) is 5.35. The molecule has 0 unspecified atom stereocenters. The molecule has 0 saturated heterocycles. The number of ether oxygens (including phenoxy) is 2. The van der Waals surface area contributed by atoms with Crippen LogP contribution in [0.3, 0.4) is 0 Å². The number of carboxylic acids is 1. The Bertz CT molecular complexity index is 657. The number of aromatic carboxylic acids is 1. The summed E-state index contributed by atoms with van der Waals surface area (Å²) in [4.78, 5) is 23.7. The van der Waals surface area contributed by atoms with E-state index in [1.165, 1.54) is 45.6 Å². The molecule has 0 aliphatic heterocycles. The van der Waals surface area contributed by atoms with Crippen LogP contribution in [0.5, 0.6) is 11.5 Å². The second-order valence-electron chi connectivity index (χ2n) is 6.73. The standard InChI is InChI=1S/C18H23NO5/c1-23-15-8-13(18(21)22)14(9-16(15)24-2)19-17(20)7-12-6-10-3-4-11(12)5-10/h8-12H,3-7H2,1-2H3,(H,19,20)(H,21,22)/p-1/t10-,11-,12-/m1/s1. The van der Waals surface area contributed by atoms with Crippen molar-refractivity contribution in [1.29, 1.82) is 0 Å². The van der Waals surface area contributed by atoms with E-state index in [1.807, 2.05) is 0 Å². The van der Waals surface area contributed by atoms with Crippen LogP contribution in [-0.2, 0) is 4.79 Å². The Kier molecular flexibility index (Phi) is 4.64. The number of carboxylic acid groups (broad SMARTS) is 1. The number of carbonyl (C=O) groups excluding carboxylic acids is 2. The summed E-state index contributed by atoms with van der Waals surface area (Å²) in [5.41, 5.74) is 0.0646. The molecular weight excluding hydrogens is 310 g/mol. The van der Waals surface area contributed by atoms with E-state index in [-0.39, 0.29) is 22.9 Å². The molecule has 1 N–H and O–H groups in total. The Morgan fingerprint density at radius 1 is 1.17 bits per heavy atom. The predicted molar refractivity (Wildman–Crippen MR) is 86.1 cm³/mol. The zero-order chi connectivity index (χ0) is 17.3. The lowest BCUT2D eigenvalue weighted by Crippen LogP contribution is -2.26. The average molecular weight is 332 g/mol. The van der Waals surface area contributed by atoms with Crippen molar-refractivity contribution < 1.29 is 24.2 Å². The first-order valence-corrected chi connectivity index (χ1v) is 8.29. The third kappa shape index (κ3) is 3.18. The van der Waals surface area contributed by atoms with Gasteiger partial charge in [0.2, 0.25) is 5.91 Å². The fourth-order valence-electron chi connectivity index (χ4n) is 4.22. The molecule has 2 saturated carbocycles. The van der Waals surface area contributed by atoms with Crippen LogP contribution in [0.4, 0.5) is 5.69 Å². The molecule has 0 aromatic heterocycles. The number of benzene rings is 1. The number of hydrogen-bond donors (Lipinski definition) is 1. The van der Waals surface area contributed by atoms with Crippen LogP contribution in [-0.4, -0.2) is 26.1 Å². The quantitative estimate of drug-likeness (QED) is 0.859. The molecule has 6 nitrogen and oxygen atoms in total. The second kappa shape index (κ2) is 6.71. The van der Waals surface area contributed by atoms with Gasteiger partial charge in [-0.05, 0) is 43.1 Å². The molecule has 3 atom stereocenters. The fraction of sp³-hybridized carbons (Fsp3) is 0.556. The van der Waals surface area contributed by atoms with E-state index in [1.54, 1.807) is 0 Å². The third-order valence-electron chi connectivity index (χ3n) is 5.35. The van der Waals surface area contributed by atoms with E-state index >= 15 is 0 Å². The molecule has 0 heterocycles. The summed E-state index contributed by atoms with van der Waals surface area (Å²) in [5.74, 6) is 0.934. The second-order valence-corrected chi connectivity index (χ2v) is 6.73. The molecule has 1 aromatic rings. The van der Waals surface area contributed by atoms with Crippen LogP contribution in [0.1, 0.15) is 42.5 Å². The van der Waals surface area contributed by atoms with Crippen molar-refractivity contribution in [3.05, 3.63) is 17.7 Å². The number of fused-ring (bicyclic) bond motifs is 2. The van der Waals surface area contributed by atoms with Gasteiger partial charge in [0.1, 0.15) is 0 Å². The van der Waals surface area contributed by atoms with Crippen molar-refractivity contribution in [2.75, 3.05) is 19.5 Å². The van der Waals surface area contributed by atoms with E-state index in [9.17, 15) is 14.7 Å². The van der Waals surface area contributed by atoms with E-state index < -0.39 is 5.97 Å². The summed E-state index contributed by atoms with van der Waals surface area (Å²) in [5, 5.41) is 14.1. The minimum Gasteiger partial charge on any atom is -0.545 e. The van der Waals surface area contributed by atoms with Crippen molar-refractivity contribution in [3.63, 3.8) is 0 Å². The minimum atomic E-state index is -1.37. The van der Waals surface area contributed by atoms with Gasteiger partial charge in [0.15, 0.2) is 11.5 Å². The molecule has 0 radical (unpaired) electrons. The Balaban J connectivity index is 1.75. The maximum Gasteiger partial charge on any atom is 0.224 e. The predicted octanol–water partition coefficient (Wildman–Crippen LogP) is 1.83. The van der Waals surface area contributed by atoms with Crippen LogP contribution in [0.2, 0.25) is 0 Å². The molecule has 2 aliphatic rings. The molecule has 2 fully saturated rings. The summed E-state index contributed by atoms with van der Waals surface area (Å²) < 4.78 is 10.3. The van der Waals surface area contributed by atoms with Crippen LogP contribution in [0.25, 0.3) is 0 Å². The van der Waals surface area contributed by atoms with Crippen LogP contribution < -0.4 is 19.9 Å². The van der Waals surface area contributed by atoms with E-state index in [4.69, 9.17) is 9.47 Å². The topological polar surface area (TPSA) is 87.7 Å².